The van der Waals surface area contributed by atoms with Gasteiger partial charge in [0.05, 0.1) is 25.0 Å². The van der Waals surface area contributed by atoms with E-state index in [4.69, 9.17) is 10.5 Å². The van der Waals surface area contributed by atoms with Gasteiger partial charge in [-0.25, -0.2) is 14.8 Å². The van der Waals surface area contributed by atoms with Crippen LogP contribution in [0.15, 0.2) is 18.5 Å². The third kappa shape index (κ3) is 3.45. The smallest absolute Gasteiger partial charge is 0.341 e. The molecule has 0 atom stereocenters. The Balaban J connectivity index is 2.16. The Morgan fingerprint density at radius 2 is 2.25 bits per heavy atom. The number of carbonyl (C=O) groups is 1. The first-order chi connectivity index (χ1) is 9.60. The van der Waals surface area contributed by atoms with E-state index in [0.717, 1.165) is 9.88 Å². The number of esters is 1. The van der Waals surface area contributed by atoms with Gasteiger partial charge >= 0.3 is 5.97 Å². The number of aromatic nitrogens is 2. The number of nitrogens with two attached hydrogens (primary N) is 1. The number of rotatable bonds is 5. The van der Waals surface area contributed by atoms with Crippen molar-refractivity contribution in [2.75, 3.05) is 17.7 Å². The lowest BCUT2D eigenvalue weighted by Gasteiger charge is -2.10. The number of carbonyl (C=O) groups excluding carboxylic acids is 1. The number of anilines is 2. The van der Waals surface area contributed by atoms with E-state index in [-0.39, 0.29) is 0 Å². The van der Waals surface area contributed by atoms with E-state index in [1.807, 2.05) is 13.1 Å². The predicted octanol–water partition coefficient (Wildman–Crippen LogP) is 2.22. The van der Waals surface area contributed by atoms with E-state index in [0.29, 0.717) is 30.2 Å². The fourth-order valence-corrected chi connectivity index (χ4v) is 2.36. The molecule has 7 heteroatoms. The van der Waals surface area contributed by atoms with Crippen molar-refractivity contribution in [3.63, 3.8) is 0 Å². The molecule has 6 nitrogen and oxygen atoms in total. The van der Waals surface area contributed by atoms with Crippen molar-refractivity contribution in [3.05, 3.63) is 33.9 Å². The maximum Gasteiger partial charge on any atom is 0.341 e. The highest BCUT2D eigenvalue weighted by molar-refractivity contribution is 7.11. The fourth-order valence-electron chi connectivity index (χ4n) is 1.63. The van der Waals surface area contributed by atoms with Crippen molar-refractivity contribution in [2.45, 2.75) is 20.4 Å². The number of hydrogen-bond donors (Lipinski definition) is 2. The molecule has 0 bridgehead atoms. The third-order valence-corrected chi connectivity index (χ3v) is 3.39. The van der Waals surface area contributed by atoms with Gasteiger partial charge in [-0.2, -0.15) is 0 Å². The molecule has 0 unspecified atom stereocenters. The lowest BCUT2D eigenvalue weighted by molar-refractivity contribution is 0.0527. The SMILES string of the molecule is CCOC(=O)c1cc(N)cnc1NCc1ncc(C)s1. The summed E-state index contributed by atoms with van der Waals surface area (Å²) < 4.78 is 4.99. The molecule has 0 aliphatic rings. The molecule has 20 heavy (non-hydrogen) atoms. The number of nitrogens with zero attached hydrogens (tertiary/aromatic N) is 2. The second-order valence-electron chi connectivity index (χ2n) is 4.10. The van der Waals surface area contributed by atoms with Crippen LogP contribution in [-0.4, -0.2) is 22.5 Å². The minimum atomic E-state index is -0.440. The molecule has 0 amide bonds. The van der Waals surface area contributed by atoms with Crippen LogP contribution in [-0.2, 0) is 11.3 Å². The largest absolute Gasteiger partial charge is 0.462 e. The number of hydrogen-bond acceptors (Lipinski definition) is 7. The molecule has 0 saturated carbocycles. The summed E-state index contributed by atoms with van der Waals surface area (Å²) in [5, 5.41) is 4.02. The van der Waals surface area contributed by atoms with Crippen LogP contribution in [0.2, 0.25) is 0 Å². The molecule has 0 fully saturated rings. The zero-order valence-corrected chi connectivity index (χ0v) is 12.2. The second kappa shape index (κ2) is 6.33. The molecule has 106 valence electrons. The van der Waals surface area contributed by atoms with E-state index >= 15 is 0 Å². The van der Waals surface area contributed by atoms with Gasteiger partial charge < -0.3 is 15.8 Å². The topological polar surface area (TPSA) is 90.1 Å². The van der Waals surface area contributed by atoms with Gasteiger partial charge in [0, 0.05) is 11.1 Å². The first-order valence-corrected chi connectivity index (χ1v) is 6.99. The average Bonchev–Trinajstić information content (AvgIpc) is 2.83. The Labute approximate surface area is 121 Å². The zero-order chi connectivity index (χ0) is 14.5. The highest BCUT2D eigenvalue weighted by Crippen LogP contribution is 2.19. The number of pyridine rings is 1. The molecular formula is C13H16N4O2S. The Bertz CT molecular complexity index is 612. The van der Waals surface area contributed by atoms with Crippen LogP contribution in [0, 0.1) is 6.92 Å². The van der Waals surface area contributed by atoms with Crippen molar-refractivity contribution in [1.82, 2.24) is 9.97 Å². The summed E-state index contributed by atoms with van der Waals surface area (Å²) >= 11 is 1.59. The van der Waals surface area contributed by atoms with E-state index in [1.165, 1.54) is 6.20 Å². The quantitative estimate of drug-likeness (QED) is 0.821. The zero-order valence-electron chi connectivity index (χ0n) is 11.3. The molecule has 0 aliphatic heterocycles. The van der Waals surface area contributed by atoms with E-state index in [9.17, 15) is 4.79 Å². The van der Waals surface area contributed by atoms with E-state index < -0.39 is 5.97 Å². The molecule has 0 radical (unpaired) electrons. The first kappa shape index (κ1) is 14.3. The van der Waals surface area contributed by atoms with Crippen molar-refractivity contribution in [2.24, 2.45) is 0 Å². The Hall–Kier alpha value is -2.15. The summed E-state index contributed by atoms with van der Waals surface area (Å²) in [6.45, 7) is 4.55. The van der Waals surface area contributed by atoms with Gasteiger partial charge in [-0.3, -0.25) is 0 Å². The maximum absolute atomic E-state index is 11.9. The number of aryl methyl sites for hydroxylation is 1. The maximum atomic E-state index is 11.9. The van der Waals surface area contributed by atoms with E-state index in [1.54, 1.807) is 24.3 Å². The van der Waals surface area contributed by atoms with Gasteiger partial charge in [0.25, 0.3) is 0 Å². The molecule has 0 aliphatic carbocycles. The summed E-state index contributed by atoms with van der Waals surface area (Å²) in [4.78, 5) is 21.4. The lowest BCUT2D eigenvalue weighted by atomic mass is 10.2. The molecule has 0 aromatic carbocycles. The van der Waals surface area contributed by atoms with Gasteiger partial charge in [0.2, 0.25) is 0 Å². The van der Waals surface area contributed by atoms with E-state index in [2.05, 4.69) is 15.3 Å². The summed E-state index contributed by atoms with van der Waals surface area (Å²) in [6.07, 6.45) is 3.31. The predicted molar refractivity (Wildman–Crippen MR) is 78.8 cm³/mol. The third-order valence-electron chi connectivity index (χ3n) is 2.48. The van der Waals surface area contributed by atoms with Gasteiger partial charge in [-0.1, -0.05) is 0 Å². The van der Waals surface area contributed by atoms with Gasteiger partial charge in [0.15, 0.2) is 0 Å². The molecule has 2 rings (SSSR count). The summed E-state index contributed by atoms with van der Waals surface area (Å²) in [5.41, 5.74) is 6.42. The molecule has 0 spiro atoms. The number of nitrogen functional groups attached to an aromatic ring is 1. The Morgan fingerprint density at radius 1 is 1.45 bits per heavy atom. The van der Waals surface area contributed by atoms with Crippen molar-refractivity contribution >= 4 is 28.8 Å². The van der Waals surface area contributed by atoms with Crippen LogP contribution < -0.4 is 11.1 Å². The minimum Gasteiger partial charge on any atom is -0.462 e. The van der Waals surface area contributed by atoms with Crippen molar-refractivity contribution < 1.29 is 9.53 Å². The average molecular weight is 292 g/mol. The van der Waals surface area contributed by atoms with Gasteiger partial charge in [0.1, 0.15) is 16.4 Å². The summed E-state index contributed by atoms with van der Waals surface area (Å²) in [7, 11) is 0. The van der Waals surface area contributed by atoms with Crippen LogP contribution in [0.4, 0.5) is 11.5 Å². The van der Waals surface area contributed by atoms with Crippen molar-refractivity contribution in [1.29, 1.82) is 0 Å². The standard InChI is InChI=1S/C13H16N4O2S/c1-3-19-13(18)10-4-9(14)6-16-12(10)17-7-11-15-5-8(2)20-11/h4-6H,3,7,14H2,1-2H3,(H,16,17). The Kier molecular flexibility index (Phi) is 4.52. The van der Waals surface area contributed by atoms with Crippen molar-refractivity contribution in [3.8, 4) is 0 Å². The molecule has 0 saturated heterocycles. The number of ether oxygens (including phenoxy) is 1. The highest BCUT2D eigenvalue weighted by Gasteiger charge is 2.14. The number of nitrogens with one attached hydrogen (secondary N) is 1. The van der Waals surface area contributed by atoms with Crippen LogP contribution >= 0.6 is 11.3 Å². The van der Waals surface area contributed by atoms with Crippen LogP contribution in [0.1, 0.15) is 27.2 Å². The van der Waals surface area contributed by atoms with Gasteiger partial charge in [-0.05, 0) is 19.9 Å². The van der Waals surface area contributed by atoms with Crippen LogP contribution in [0.3, 0.4) is 0 Å². The van der Waals surface area contributed by atoms with Crippen LogP contribution in [0.5, 0.6) is 0 Å². The molecule has 2 heterocycles. The monoisotopic (exact) mass is 292 g/mol. The first-order valence-electron chi connectivity index (χ1n) is 6.18. The normalized spacial score (nSPS) is 10.3. The summed E-state index contributed by atoms with van der Waals surface area (Å²) in [5.74, 6) is 0.00984. The van der Waals surface area contributed by atoms with Gasteiger partial charge in [-0.15, -0.1) is 11.3 Å². The molecular weight excluding hydrogens is 276 g/mol. The molecule has 2 aromatic rings. The summed E-state index contributed by atoms with van der Waals surface area (Å²) in [6, 6.07) is 1.56. The fraction of sp³-hybridized carbons (Fsp3) is 0.308. The second-order valence-corrected chi connectivity index (χ2v) is 5.42. The Morgan fingerprint density at radius 3 is 2.90 bits per heavy atom. The lowest BCUT2D eigenvalue weighted by Crippen LogP contribution is -2.12. The highest BCUT2D eigenvalue weighted by atomic mass is 32.1. The minimum absolute atomic E-state index is 0.304. The molecule has 2 aromatic heterocycles. The molecule has 3 N–H and O–H groups in total. The number of thiazole rings is 1. The van der Waals surface area contributed by atoms with Crippen LogP contribution in [0.25, 0.3) is 0 Å².